The van der Waals surface area contributed by atoms with Crippen LogP contribution in [0.25, 0.3) is 0 Å². The van der Waals surface area contributed by atoms with Crippen molar-refractivity contribution in [2.75, 3.05) is 6.54 Å². The third-order valence-electron chi connectivity index (χ3n) is 3.06. The highest BCUT2D eigenvalue weighted by molar-refractivity contribution is 6.31. The first-order chi connectivity index (χ1) is 9.27. The van der Waals surface area contributed by atoms with E-state index in [1.54, 1.807) is 12.4 Å². The number of nitrogens with one attached hydrogen (secondary N) is 1. The van der Waals surface area contributed by atoms with Gasteiger partial charge in [0.25, 0.3) is 0 Å². The van der Waals surface area contributed by atoms with Crippen LogP contribution in [-0.2, 0) is 6.54 Å². The number of nitrogens with zero attached hydrogens (tertiary/aromatic N) is 3. The lowest BCUT2D eigenvalue weighted by Gasteiger charge is -2.20. The van der Waals surface area contributed by atoms with Gasteiger partial charge in [-0.3, -0.25) is 4.98 Å². The number of imidazole rings is 1. The van der Waals surface area contributed by atoms with Gasteiger partial charge in [0, 0.05) is 31.3 Å². The van der Waals surface area contributed by atoms with E-state index >= 15 is 0 Å². The van der Waals surface area contributed by atoms with E-state index in [1.165, 1.54) is 0 Å². The molecular formula is C14H19ClN4. The zero-order valence-electron chi connectivity index (χ0n) is 11.3. The van der Waals surface area contributed by atoms with Gasteiger partial charge in [-0.25, -0.2) is 4.98 Å². The summed E-state index contributed by atoms with van der Waals surface area (Å²) in [6.07, 6.45) is 8.32. The number of halogens is 1. The minimum absolute atomic E-state index is 0.00500. The van der Waals surface area contributed by atoms with Gasteiger partial charge in [0.05, 0.1) is 11.1 Å². The number of aromatic nitrogens is 3. The minimum atomic E-state index is 0.00500. The third kappa shape index (κ3) is 3.14. The van der Waals surface area contributed by atoms with E-state index in [-0.39, 0.29) is 6.04 Å². The summed E-state index contributed by atoms with van der Waals surface area (Å²) in [5.74, 6) is 0.990. The Morgan fingerprint density at radius 1 is 1.37 bits per heavy atom. The summed E-state index contributed by atoms with van der Waals surface area (Å²) in [4.78, 5) is 8.52. The fourth-order valence-electron chi connectivity index (χ4n) is 2.10. The van der Waals surface area contributed by atoms with E-state index in [1.807, 2.05) is 18.5 Å². The summed E-state index contributed by atoms with van der Waals surface area (Å²) in [5.41, 5.74) is 1.02. The first-order valence-electron chi connectivity index (χ1n) is 6.61. The van der Waals surface area contributed by atoms with E-state index in [9.17, 15) is 0 Å². The Balaban J connectivity index is 2.39. The van der Waals surface area contributed by atoms with Crippen molar-refractivity contribution in [3.05, 3.63) is 47.3 Å². The average molecular weight is 279 g/mol. The molecule has 2 aromatic heterocycles. The molecule has 1 atom stereocenters. The zero-order chi connectivity index (χ0) is 13.7. The molecule has 0 aliphatic rings. The maximum Gasteiger partial charge on any atom is 0.130 e. The molecule has 0 spiro atoms. The Kier molecular flexibility index (Phi) is 4.93. The van der Waals surface area contributed by atoms with E-state index < -0.39 is 0 Å². The molecule has 1 unspecified atom stereocenters. The van der Waals surface area contributed by atoms with Crippen molar-refractivity contribution in [1.82, 2.24) is 19.9 Å². The molecule has 0 saturated heterocycles. The topological polar surface area (TPSA) is 42.7 Å². The van der Waals surface area contributed by atoms with Crippen LogP contribution < -0.4 is 5.32 Å². The number of hydrogen-bond donors (Lipinski definition) is 1. The maximum absolute atomic E-state index is 6.27. The molecule has 2 heterocycles. The lowest BCUT2D eigenvalue weighted by atomic mass is 10.1. The van der Waals surface area contributed by atoms with Crippen molar-refractivity contribution in [3.63, 3.8) is 0 Å². The van der Waals surface area contributed by atoms with E-state index in [4.69, 9.17) is 11.6 Å². The van der Waals surface area contributed by atoms with Gasteiger partial charge in [-0.05, 0) is 31.5 Å². The van der Waals surface area contributed by atoms with Gasteiger partial charge in [-0.1, -0.05) is 18.5 Å². The SMILES string of the molecule is CCCNC(c1ccncc1Cl)c1nccn1CC. The number of rotatable bonds is 6. The normalized spacial score (nSPS) is 12.6. The second-order valence-corrected chi connectivity index (χ2v) is 4.76. The van der Waals surface area contributed by atoms with Crippen molar-refractivity contribution >= 4 is 11.6 Å². The molecule has 19 heavy (non-hydrogen) atoms. The lowest BCUT2D eigenvalue weighted by molar-refractivity contribution is 0.541. The van der Waals surface area contributed by atoms with Gasteiger partial charge < -0.3 is 9.88 Å². The molecule has 2 aromatic rings. The number of pyridine rings is 1. The van der Waals surface area contributed by atoms with Crippen LogP contribution in [0.1, 0.15) is 37.7 Å². The highest BCUT2D eigenvalue weighted by Gasteiger charge is 2.20. The molecule has 0 radical (unpaired) electrons. The van der Waals surface area contributed by atoms with Crippen LogP contribution >= 0.6 is 11.6 Å². The van der Waals surface area contributed by atoms with Gasteiger partial charge in [0.1, 0.15) is 5.82 Å². The fraction of sp³-hybridized carbons (Fsp3) is 0.429. The molecule has 0 bridgehead atoms. The van der Waals surface area contributed by atoms with Crippen LogP contribution in [0.5, 0.6) is 0 Å². The molecule has 0 amide bonds. The molecule has 0 aliphatic heterocycles. The maximum atomic E-state index is 6.27. The summed E-state index contributed by atoms with van der Waals surface area (Å²) in [5, 5.41) is 4.18. The van der Waals surface area contributed by atoms with Crippen LogP contribution in [0, 0.1) is 0 Å². The highest BCUT2D eigenvalue weighted by Crippen LogP contribution is 2.26. The van der Waals surface area contributed by atoms with Crippen molar-refractivity contribution in [1.29, 1.82) is 0 Å². The van der Waals surface area contributed by atoms with Crippen LogP contribution in [0.15, 0.2) is 30.9 Å². The van der Waals surface area contributed by atoms with Crippen molar-refractivity contribution in [2.45, 2.75) is 32.9 Å². The molecule has 102 valence electrons. The van der Waals surface area contributed by atoms with Crippen molar-refractivity contribution < 1.29 is 0 Å². The first kappa shape index (κ1) is 14.0. The molecule has 2 rings (SSSR count). The smallest absolute Gasteiger partial charge is 0.130 e. The van der Waals surface area contributed by atoms with Crippen LogP contribution in [0.3, 0.4) is 0 Å². The van der Waals surface area contributed by atoms with Crippen LogP contribution in [0.2, 0.25) is 5.02 Å². The molecule has 0 aliphatic carbocycles. The second-order valence-electron chi connectivity index (χ2n) is 4.36. The average Bonchev–Trinajstić information content (AvgIpc) is 2.89. The summed E-state index contributed by atoms with van der Waals surface area (Å²) in [6.45, 7) is 6.06. The van der Waals surface area contributed by atoms with E-state index in [0.717, 1.165) is 30.9 Å². The molecule has 0 aromatic carbocycles. The largest absolute Gasteiger partial charge is 0.334 e. The molecule has 0 fully saturated rings. The van der Waals surface area contributed by atoms with Gasteiger partial charge in [-0.15, -0.1) is 0 Å². The van der Waals surface area contributed by atoms with Gasteiger partial charge >= 0.3 is 0 Å². The monoisotopic (exact) mass is 278 g/mol. The summed E-state index contributed by atoms with van der Waals surface area (Å²) in [6, 6.07) is 1.95. The van der Waals surface area contributed by atoms with Gasteiger partial charge in [-0.2, -0.15) is 0 Å². The second kappa shape index (κ2) is 6.68. The third-order valence-corrected chi connectivity index (χ3v) is 3.38. The van der Waals surface area contributed by atoms with Crippen molar-refractivity contribution in [2.24, 2.45) is 0 Å². The summed E-state index contributed by atoms with van der Waals surface area (Å²) >= 11 is 6.27. The Labute approximate surface area is 118 Å². The fourth-order valence-corrected chi connectivity index (χ4v) is 2.33. The predicted molar refractivity (Wildman–Crippen MR) is 77.3 cm³/mol. The predicted octanol–water partition coefficient (Wildman–Crippen LogP) is 3.04. The van der Waals surface area contributed by atoms with Crippen LogP contribution in [-0.4, -0.2) is 21.1 Å². The van der Waals surface area contributed by atoms with Crippen molar-refractivity contribution in [3.8, 4) is 0 Å². The molecule has 0 saturated carbocycles. The summed E-state index contributed by atoms with van der Waals surface area (Å²) < 4.78 is 2.13. The minimum Gasteiger partial charge on any atom is -0.334 e. The molecule has 1 N–H and O–H groups in total. The standard InChI is InChI=1S/C14H19ClN4/c1-3-6-17-13(11-5-7-16-10-12(11)15)14-18-8-9-19(14)4-2/h5,7-10,13,17H,3-4,6H2,1-2H3. The molecule has 5 heteroatoms. The summed E-state index contributed by atoms with van der Waals surface area (Å²) in [7, 11) is 0. The molecular weight excluding hydrogens is 260 g/mol. The Morgan fingerprint density at radius 3 is 2.89 bits per heavy atom. The quantitative estimate of drug-likeness (QED) is 0.883. The zero-order valence-corrected chi connectivity index (χ0v) is 12.1. The van der Waals surface area contributed by atoms with Gasteiger partial charge in [0.2, 0.25) is 0 Å². The Morgan fingerprint density at radius 2 is 2.21 bits per heavy atom. The van der Waals surface area contributed by atoms with E-state index in [2.05, 4.69) is 33.7 Å². The van der Waals surface area contributed by atoms with Gasteiger partial charge in [0.15, 0.2) is 0 Å². The Hall–Kier alpha value is -1.39. The van der Waals surface area contributed by atoms with Crippen LogP contribution in [0.4, 0.5) is 0 Å². The highest BCUT2D eigenvalue weighted by atomic mass is 35.5. The lowest BCUT2D eigenvalue weighted by Crippen LogP contribution is -2.26. The van der Waals surface area contributed by atoms with E-state index in [0.29, 0.717) is 5.02 Å². The first-order valence-corrected chi connectivity index (χ1v) is 6.99. The Bertz CT molecular complexity index is 524. The molecule has 4 nitrogen and oxygen atoms in total. The number of hydrogen-bond acceptors (Lipinski definition) is 3. The number of aryl methyl sites for hydroxylation is 1.